The van der Waals surface area contributed by atoms with Crippen LogP contribution in [0.3, 0.4) is 0 Å². The number of fused-ring (bicyclic) bond motifs is 4. The fourth-order valence-electron chi connectivity index (χ4n) is 6.74. The summed E-state index contributed by atoms with van der Waals surface area (Å²) in [6.07, 6.45) is 5.55. The maximum absolute atomic E-state index is 13.1. The zero-order valence-corrected chi connectivity index (χ0v) is 23.8. The molecule has 0 saturated carbocycles. The number of hydrogen-bond donors (Lipinski definition) is 2. The van der Waals surface area contributed by atoms with Crippen LogP contribution in [-0.2, 0) is 30.8 Å². The van der Waals surface area contributed by atoms with E-state index in [9.17, 15) is 9.59 Å². The van der Waals surface area contributed by atoms with Crippen molar-refractivity contribution in [1.82, 2.24) is 29.7 Å². The molecule has 0 bridgehead atoms. The molecule has 0 aliphatic carbocycles. The topological polar surface area (TPSA) is 95.4 Å². The van der Waals surface area contributed by atoms with E-state index in [1.165, 1.54) is 5.69 Å². The molecule has 6 heterocycles. The van der Waals surface area contributed by atoms with E-state index in [1.807, 2.05) is 39.5 Å². The number of hydrogen-bond acceptors (Lipinski definition) is 6. The van der Waals surface area contributed by atoms with Gasteiger partial charge in [0.05, 0.1) is 16.9 Å². The van der Waals surface area contributed by atoms with Crippen molar-refractivity contribution in [3.8, 4) is 11.1 Å². The number of pyridine rings is 2. The summed E-state index contributed by atoms with van der Waals surface area (Å²) in [4.78, 5) is 39.2. The van der Waals surface area contributed by atoms with Gasteiger partial charge in [0.1, 0.15) is 11.5 Å². The molecular formula is C32H35N7O2. The Morgan fingerprint density at radius 2 is 1.98 bits per heavy atom. The fraction of sp³-hybridized carbons (Fsp3) is 0.375. The quantitative estimate of drug-likeness (QED) is 0.370. The molecule has 7 rings (SSSR count). The van der Waals surface area contributed by atoms with Gasteiger partial charge in [-0.1, -0.05) is 12.1 Å². The first-order chi connectivity index (χ1) is 19.9. The van der Waals surface area contributed by atoms with Gasteiger partial charge in [0.15, 0.2) is 0 Å². The molecule has 3 aromatic heterocycles. The Labute approximate surface area is 239 Å². The maximum atomic E-state index is 13.1. The average molecular weight is 550 g/mol. The van der Waals surface area contributed by atoms with Gasteiger partial charge >= 0.3 is 0 Å². The molecule has 2 N–H and O–H groups in total. The summed E-state index contributed by atoms with van der Waals surface area (Å²) in [5.74, 6) is 0.952. The van der Waals surface area contributed by atoms with Crippen LogP contribution >= 0.6 is 0 Å². The van der Waals surface area contributed by atoms with Crippen molar-refractivity contribution in [2.45, 2.75) is 51.2 Å². The lowest BCUT2D eigenvalue weighted by Gasteiger charge is -2.30. The third-order valence-corrected chi connectivity index (χ3v) is 8.79. The third-order valence-electron chi connectivity index (χ3n) is 8.79. The fourth-order valence-corrected chi connectivity index (χ4v) is 6.74. The lowest BCUT2D eigenvalue weighted by Crippen LogP contribution is -2.35. The second kappa shape index (κ2) is 9.99. The molecule has 1 atom stereocenters. The molecule has 3 aliphatic rings. The van der Waals surface area contributed by atoms with Crippen LogP contribution in [0.15, 0.2) is 42.6 Å². The van der Waals surface area contributed by atoms with E-state index in [-0.39, 0.29) is 17.7 Å². The standard InChI is InChI=1S/C32H35N7O2/c1-37(2)18-27-21(19-11-14-38(3)29(40)15-19)7-9-28(36-27)35-26-8-6-22(25-17-34-32(41)30(25)26)23-10-12-33-31-24(23)16-20-5-4-13-39(20)31/h6-10,12,16,19H,4-5,11,13-15,17-18H2,1-3H3,(H,34,41)(H,35,36)/t19-/m1/s1. The van der Waals surface area contributed by atoms with Gasteiger partial charge in [0, 0.05) is 56.9 Å². The van der Waals surface area contributed by atoms with Crippen LogP contribution in [0, 0.1) is 0 Å². The van der Waals surface area contributed by atoms with Crippen molar-refractivity contribution in [2.75, 3.05) is 33.0 Å². The number of likely N-dealkylation sites (tertiary alicyclic amines) is 1. The van der Waals surface area contributed by atoms with E-state index in [0.29, 0.717) is 30.9 Å². The van der Waals surface area contributed by atoms with Crippen molar-refractivity contribution in [3.63, 3.8) is 0 Å². The Balaban J connectivity index is 1.25. The molecular weight excluding hydrogens is 514 g/mol. The molecule has 0 radical (unpaired) electrons. The number of nitrogens with one attached hydrogen (secondary N) is 2. The maximum Gasteiger partial charge on any atom is 0.254 e. The molecule has 0 unspecified atom stereocenters. The van der Waals surface area contributed by atoms with E-state index >= 15 is 0 Å². The SMILES string of the molecule is CN(C)Cc1nc(Nc2ccc(-c3ccnc4c3cc3n4CCC3)c3c2C(=O)NC3)ccc1[C@@H]1CCN(C)C(=O)C1. The number of amides is 2. The Hall–Kier alpha value is -4.24. The predicted octanol–water partition coefficient (Wildman–Crippen LogP) is 4.43. The number of carbonyl (C=O) groups excluding carboxylic acids is 2. The van der Waals surface area contributed by atoms with Crippen LogP contribution in [0.5, 0.6) is 0 Å². The highest BCUT2D eigenvalue weighted by Crippen LogP contribution is 2.39. The van der Waals surface area contributed by atoms with Crippen LogP contribution in [0.2, 0.25) is 0 Å². The monoisotopic (exact) mass is 549 g/mol. The van der Waals surface area contributed by atoms with Gasteiger partial charge in [-0.15, -0.1) is 0 Å². The number of aromatic nitrogens is 3. The van der Waals surface area contributed by atoms with Crippen LogP contribution < -0.4 is 10.6 Å². The van der Waals surface area contributed by atoms with Crippen LogP contribution in [0.4, 0.5) is 11.5 Å². The number of piperidine rings is 1. The first-order valence-electron chi connectivity index (χ1n) is 14.4. The van der Waals surface area contributed by atoms with Crippen molar-refractivity contribution in [3.05, 3.63) is 70.7 Å². The molecule has 4 aromatic rings. The Kier molecular flexibility index (Phi) is 6.27. The van der Waals surface area contributed by atoms with Crippen molar-refractivity contribution >= 4 is 34.4 Å². The Bertz CT molecular complexity index is 1710. The van der Waals surface area contributed by atoms with E-state index in [0.717, 1.165) is 77.0 Å². The zero-order valence-electron chi connectivity index (χ0n) is 23.8. The minimum Gasteiger partial charge on any atom is -0.348 e. The van der Waals surface area contributed by atoms with Gasteiger partial charge in [-0.3, -0.25) is 9.59 Å². The van der Waals surface area contributed by atoms with Crippen LogP contribution in [0.1, 0.15) is 58.1 Å². The number of aryl methyl sites for hydroxylation is 2. The average Bonchev–Trinajstić information content (AvgIpc) is 3.66. The molecule has 9 nitrogen and oxygen atoms in total. The van der Waals surface area contributed by atoms with Crippen molar-refractivity contribution < 1.29 is 9.59 Å². The number of nitrogens with zero attached hydrogens (tertiary/aromatic N) is 5. The van der Waals surface area contributed by atoms with Crippen molar-refractivity contribution in [1.29, 1.82) is 0 Å². The van der Waals surface area contributed by atoms with Gasteiger partial charge < -0.3 is 25.0 Å². The molecule has 0 spiro atoms. The number of benzene rings is 1. The van der Waals surface area contributed by atoms with Gasteiger partial charge in [0.2, 0.25) is 5.91 Å². The third kappa shape index (κ3) is 4.44. The molecule has 1 aromatic carbocycles. The second-order valence-corrected chi connectivity index (χ2v) is 11.8. The summed E-state index contributed by atoms with van der Waals surface area (Å²) < 4.78 is 2.32. The van der Waals surface area contributed by atoms with E-state index in [1.54, 1.807) is 4.90 Å². The highest BCUT2D eigenvalue weighted by molar-refractivity contribution is 6.07. The summed E-state index contributed by atoms with van der Waals surface area (Å²) in [6.45, 7) is 2.92. The highest BCUT2D eigenvalue weighted by atomic mass is 16.2. The van der Waals surface area contributed by atoms with Gasteiger partial charge in [-0.05, 0) is 85.8 Å². The summed E-state index contributed by atoms with van der Waals surface area (Å²) in [5, 5.41) is 7.64. The zero-order chi connectivity index (χ0) is 28.2. The molecule has 210 valence electrons. The minimum absolute atomic E-state index is 0.0796. The molecule has 3 aliphatic heterocycles. The Morgan fingerprint density at radius 3 is 2.80 bits per heavy atom. The lowest BCUT2D eigenvalue weighted by molar-refractivity contribution is -0.132. The smallest absolute Gasteiger partial charge is 0.254 e. The summed E-state index contributed by atoms with van der Waals surface area (Å²) in [7, 11) is 5.92. The first-order valence-corrected chi connectivity index (χ1v) is 14.4. The lowest BCUT2D eigenvalue weighted by atomic mass is 9.88. The largest absolute Gasteiger partial charge is 0.348 e. The molecule has 9 heteroatoms. The van der Waals surface area contributed by atoms with Gasteiger partial charge in [-0.2, -0.15) is 0 Å². The summed E-state index contributed by atoms with van der Waals surface area (Å²) in [6, 6.07) is 12.5. The minimum atomic E-state index is -0.0796. The molecule has 1 saturated heterocycles. The van der Waals surface area contributed by atoms with Crippen molar-refractivity contribution in [2.24, 2.45) is 0 Å². The number of rotatable bonds is 6. The summed E-state index contributed by atoms with van der Waals surface area (Å²) in [5.41, 5.74) is 9.02. The molecule has 1 fully saturated rings. The molecule has 2 amide bonds. The van der Waals surface area contributed by atoms with Gasteiger partial charge in [0.25, 0.3) is 5.91 Å². The van der Waals surface area contributed by atoms with Crippen LogP contribution in [-0.4, -0.2) is 63.8 Å². The summed E-state index contributed by atoms with van der Waals surface area (Å²) >= 11 is 0. The van der Waals surface area contributed by atoms with E-state index < -0.39 is 0 Å². The normalized spacial score (nSPS) is 18.2. The van der Waals surface area contributed by atoms with Gasteiger partial charge in [-0.25, -0.2) is 9.97 Å². The van der Waals surface area contributed by atoms with E-state index in [4.69, 9.17) is 9.97 Å². The predicted molar refractivity (Wildman–Crippen MR) is 159 cm³/mol. The second-order valence-electron chi connectivity index (χ2n) is 11.8. The van der Waals surface area contributed by atoms with E-state index in [2.05, 4.69) is 44.4 Å². The highest BCUT2D eigenvalue weighted by Gasteiger charge is 2.29. The molecule has 41 heavy (non-hydrogen) atoms. The Morgan fingerprint density at radius 1 is 1.10 bits per heavy atom. The van der Waals surface area contributed by atoms with Crippen LogP contribution in [0.25, 0.3) is 22.2 Å². The first kappa shape index (κ1) is 25.7. The number of anilines is 2. The number of carbonyl (C=O) groups is 2.